The fourth-order valence-electron chi connectivity index (χ4n) is 1.34. The molecular formula is C12H18N2O2. The fourth-order valence-corrected chi connectivity index (χ4v) is 1.34. The van der Waals surface area contributed by atoms with Crippen LogP contribution in [0.2, 0.25) is 0 Å². The molecule has 2 unspecified atom stereocenters. The van der Waals surface area contributed by atoms with E-state index in [9.17, 15) is 9.90 Å². The minimum Gasteiger partial charge on any atom is -0.389 e. The summed E-state index contributed by atoms with van der Waals surface area (Å²) in [5.74, 6) is -0.363. The highest BCUT2D eigenvalue weighted by molar-refractivity contribution is 5.93. The third-order valence-electron chi connectivity index (χ3n) is 2.47. The van der Waals surface area contributed by atoms with Gasteiger partial charge in [-0.15, -0.1) is 0 Å². The van der Waals surface area contributed by atoms with Gasteiger partial charge in [0.15, 0.2) is 0 Å². The molecule has 0 aromatic heterocycles. The standard InChI is InChI=1S/C12H18N2O2/c1-8(7-13)12(16)14-11-6-4-3-5-10(11)9(2)15/h3-6,8-9,15H,7,13H2,1-2H3,(H,14,16). The van der Waals surface area contributed by atoms with E-state index in [2.05, 4.69) is 5.32 Å². The van der Waals surface area contributed by atoms with Crippen molar-refractivity contribution in [3.8, 4) is 0 Å². The number of nitrogens with two attached hydrogens (primary N) is 1. The van der Waals surface area contributed by atoms with Crippen LogP contribution in [0.4, 0.5) is 5.69 Å². The van der Waals surface area contributed by atoms with Crippen LogP contribution in [-0.2, 0) is 4.79 Å². The smallest absolute Gasteiger partial charge is 0.228 e. The lowest BCUT2D eigenvalue weighted by atomic mass is 10.1. The molecule has 88 valence electrons. The maximum atomic E-state index is 11.6. The molecule has 4 heteroatoms. The molecule has 0 aliphatic carbocycles. The molecule has 0 aliphatic heterocycles. The number of anilines is 1. The van der Waals surface area contributed by atoms with Crippen molar-refractivity contribution in [2.45, 2.75) is 20.0 Å². The highest BCUT2D eigenvalue weighted by Crippen LogP contribution is 2.22. The van der Waals surface area contributed by atoms with Crippen LogP contribution in [0.3, 0.4) is 0 Å². The summed E-state index contributed by atoms with van der Waals surface area (Å²) < 4.78 is 0. The number of hydrogen-bond donors (Lipinski definition) is 3. The summed E-state index contributed by atoms with van der Waals surface area (Å²) in [5, 5.41) is 12.3. The molecule has 0 bridgehead atoms. The minimum atomic E-state index is -0.607. The van der Waals surface area contributed by atoms with Crippen molar-refractivity contribution in [3.05, 3.63) is 29.8 Å². The van der Waals surface area contributed by atoms with Crippen LogP contribution in [0.5, 0.6) is 0 Å². The number of rotatable bonds is 4. The Bertz CT molecular complexity index is 364. The highest BCUT2D eigenvalue weighted by atomic mass is 16.3. The van der Waals surface area contributed by atoms with E-state index < -0.39 is 6.10 Å². The van der Waals surface area contributed by atoms with Crippen molar-refractivity contribution < 1.29 is 9.90 Å². The molecule has 0 saturated heterocycles. The van der Waals surface area contributed by atoms with Gasteiger partial charge in [-0.2, -0.15) is 0 Å². The molecule has 16 heavy (non-hydrogen) atoms. The van der Waals surface area contributed by atoms with Crippen LogP contribution < -0.4 is 11.1 Å². The third kappa shape index (κ3) is 3.05. The molecule has 0 heterocycles. The van der Waals surface area contributed by atoms with Crippen LogP contribution in [0.15, 0.2) is 24.3 Å². The second kappa shape index (κ2) is 5.63. The van der Waals surface area contributed by atoms with E-state index >= 15 is 0 Å². The van der Waals surface area contributed by atoms with Crippen molar-refractivity contribution in [1.29, 1.82) is 0 Å². The number of benzene rings is 1. The minimum absolute atomic E-state index is 0.129. The van der Waals surface area contributed by atoms with Gasteiger partial charge >= 0.3 is 0 Å². The Labute approximate surface area is 95.5 Å². The average Bonchev–Trinajstić information content (AvgIpc) is 2.28. The van der Waals surface area contributed by atoms with Gasteiger partial charge in [0, 0.05) is 23.7 Å². The Morgan fingerprint density at radius 1 is 1.44 bits per heavy atom. The van der Waals surface area contributed by atoms with Crippen LogP contribution in [0.25, 0.3) is 0 Å². The summed E-state index contributed by atoms with van der Waals surface area (Å²) in [6.07, 6.45) is -0.607. The Morgan fingerprint density at radius 3 is 2.62 bits per heavy atom. The predicted molar refractivity (Wildman–Crippen MR) is 63.9 cm³/mol. The predicted octanol–water partition coefficient (Wildman–Crippen LogP) is 1.27. The van der Waals surface area contributed by atoms with Crippen LogP contribution in [0, 0.1) is 5.92 Å². The summed E-state index contributed by atoms with van der Waals surface area (Å²) in [5.41, 5.74) is 6.76. The van der Waals surface area contributed by atoms with E-state index in [1.54, 1.807) is 26.0 Å². The van der Waals surface area contributed by atoms with Crippen LogP contribution in [0.1, 0.15) is 25.5 Å². The van der Waals surface area contributed by atoms with Crippen molar-refractivity contribution in [1.82, 2.24) is 0 Å². The monoisotopic (exact) mass is 222 g/mol. The molecule has 0 radical (unpaired) electrons. The number of hydrogen-bond acceptors (Lipinski definition) is 3. The van der Waals surface area contributed by atoms with E-state index in [-0.39, 0.29) is 11.8 Å². The SMILES string of the molecule is CC(CN)C(=O)Nc1ccccc1C(C)O. The zero-order chi connectivity index (χ0) is 12.1. The summed E-state index contributed by atoms with van der Waals surface area (Å²) >= 11 is 0. The lowest BCUT2D eigenvalue weighted by Gasteiger charge is -2.15. The molecule has 4 nitrogen and oxygen atoms in total. The largest absolute Gasteiger partial charge is 0.389 e. The molecule has 0 fully saturated rings. The van der Waals surface area contributed by atoms with Crippen molar-refractivity contribution in [2.24, 2.45) is 11.7 Å². The van der Waals surface area contributed by atoms with Gasteiger partial charge in [-0.25, -0.2) is 0 Å². The molecule has 2 atom stereocenters. The first-order chi connectivity index (χ1) is 7.56. The number of para-hydroxylation sites is 1. The lowest BCUT2D eigenvalue weighted by Crippen LogP contribution is -2.27. The van der Waals surface area contributed by atoms with Gasteiger partial charge in [-0.3, -0.25) is 4.79 Å². The van der Waals surface area contributed by atoms with E-state index in [1.165, 1.54) is 0 Å². The van der Waals surface area contributed by atoms with Crippen molar-refractivity contribution in [2.75, 3.05) is 11.9 Å². The Balaban J connectivity index is 2.84. The van der Waals surface area contributed by atoms with Gasteiger partial charge in [-0.1, -0.05) is 25.1 Å². The van der Waals surface area contributed by atoms with E-state index in [0.29, 0.717) is 17.8 Å². The normalized spacial score (nSPS) is 14.2. The fraction of sp³-hybridized carbons (Fsp3) is 0.417. The second-order valence-electron chi connectivity index (χ2n) is 3.89. The van der Waals surface area contributed by atoms with E-state index in [4.69, 9.17) is 5.73 Å². The Hall–Kier alpha value is -1.39. The van der Waals surface area contributed by atoms with Crippen LogP contribution in [-0.4, -0.2) is 17.6 Å². The maximum absolute atomic E-state index is 11.6. The summed E-state index contributed by atoms with van der Waals surface area (Å²) in [7, 11) is 0. The molecule has 4 N–H and O–H groups in total. The quantitative estimate of drug-likeness (QED) is 0.718. The second-order valence-corrected chi connectivity index (χ2v) is 3.89. The first kappa shape index (κ1) is 12.7. The van der Waals surface area contributed by atoms with Gasteiger partial charge < -0.3 is 16.2 Å². The molecule has 1 aromatic rings. The summed E-state index contributed by atoms with van der Waals surface area (Å²) in [6.45, 7) is 3.74. The lowest BCUT2D eigenvalue weighted by molar-refractivity contribution is -0.119. The number of aliphatic hydroxyl groups is 1. The van der Waals surface area contributed by atoms with Crippen molar-refractivity contribution in [3.63, 3.8) is 0 Å². The number of nitrogens with one attached hydrogen (secondary N) is 1. The Morgan fingerprint density at radius 2 is 2.06 bits per heavy atom. The zero-order valence-corrected chi connectivity index (χ0v) is 9.60. The van der Waals surface area contributed by atoms with E-state index in [1.807, 2.05) is 12.1 Å². The zero-order valence-electron chi connectivity index (χ0n) is 9.60. The number of carbonyl (C=O) groups excluding carboxylic acids is 1. The van der Waals surface area contributed by atoms with Crippen LogP contribution >= 0.6 is 0 Å². The molecule has 1 aromatic carbocycles. The molecule has 1 amide bonds. The van der Waals surface area contributed by atoms with Gasteiger partial charge in [-0.05, 0) is 13.0 Å². The first-order valence-electron chi connectivity index (χ1n) is 5.34. The molecular weight excluding hydrogens is 204 g/mol. The topological polar surface area (TPSA) is 75.4 Å². The van der Waals surface area contributed by atoms with Gasteiger partial charge in [0.2, 0.25) is 5.91 Å². The van der Waals surface area contributed by atoms with E-state index in [0.717, 1.165) is 0 Å². The Kier molecular flexibility index (Phi) is 4.46. The number of carbonyl (C=O) groups is 1. The third-order valence-corrected chi connectivity index (χ3v) is 2.47. The molecule has 0 aliphatic rings. The van der Waals surface area contributed by atoms with Gasteiger partial charge in [0.05, 0.1) is 6.10 Å². The number of aliphatic hydroxyl groups excluding tert-OH is 1. The molecule has 1 rings (SSSR count). The van der Waals surface area contributed by atoms with Gasteiger partial charge in [0.1, 0.15) is 0 Å². The maximum Gasteiger partial charge on any atom is 0.228 e. The van der Waals surface area contributed by atoms with Gasteiger partial charge in [0.25, 0.3) is 0 Å². The van der Waals surface area contributed by atoms with Crippen molar-refractivity contribution >= 4 is 11.6 Å². The highest BCUT2D eigenvalue weighted by Gasteiger charge is 2.14. The molecule has 0 saturated carbocycles. The average molecular weight is 222 g/mol. The first-order valence-corrected chi connectivity index (χ1v) is 5.34. The molecule has 0 spiro atoms. The number of amides is 1. The summed E-state index contributed by atoms with van der Waals surface area (Å²) in [6, 6.07) is 7.19. The summed E-state index contributed by atoms with van der Waals surface area (Å²) in [4.78, 5) is 11.6.